The van der Waals surface area contributed by atoms with Crippen LogP contribution in [0.2, 0.25) is 0 Å². The van der Waals surface area contributed by atoms with Crippen LogP contribution in [-0.4, -0.2) is 16.7 Å². The molecule has 0 radical (unpaired) electrons. The number of methoxy groups -OCH3 is 1. The molecule has 0 unspecified atom stereocenters. The average molecular weight is 274 g/mol. The molecule has 2 aromatic carbocycles. The van der Waals surface area contributed by atoms with Crippen LogP contribution < -0.4 is 4.74 Å². The second kappa shape index (κ2) is 4.51. The molecule has 96 valence electrons. The second-order valence-corrected chi connectivity index (χ2v) is 4.49. The van der Waals surface area contributed by atoms with Crippen molar-refractivity contribution in [3.63, 3.8) is 0 Å². The summed E-state index contributed by atoms with van der Waals surface area (Å²) in [6, 6.07) is 12.1. The highest BCUT2D eigenvalue weighted by molar-refractivity contribution is 7.71. The fourth-order valence-electron chi connectivity index (χ4n) is 2.08. The fourth-order valence-corrected chi connectivity index (χ4v) is 2.39. The van der Waals surface area contributed by atoms with Crippen molar-refractivity contribution in [1.29, 1.82) is 0 Å². The number of benzene rings is 2. The lowest BCUT2D eigenvalue weighted by Crippen LogP contribution is -1.97. The third-order valence-corrected chi connectivity index (χ3v) is 3.27. The van der Waals surface area contributed by atoms with Gasteiger partial charge in [0.05, 0.1) is 23.8 Å². The SMILES string of the molecule is COc1ccc2[nH]c(=S)n(-c3ccccc3F)c2c1. The molecule has 3 nitrogen and oxygen atoms in total. The molecule has 5 heteroatoms. The van der Waals surface area contributed by atoms with Crippen LogP contribution >= 0.6 is 12.2 Å². The van der Waals surface area contributed by atoms with E-state index in [1.807, 2.05) is 18.2 Å². The maximum Gasteiger partial charge on any atom is 0.182 e. The molecule has 0 aliphatic rings. The van der Waals surface area contributed by atoms with Crippen molar-refractivity contribution in [2.45, 2.75) is 0 Å². The summed E-state index contributed by atoms with van der Waals surface area (Å²) in [7, 11) is 1.59. The van der Waals surface area contributed by atoms with Gasteiger partial charge in [-0.1, -0.05) is 12.1 Å². The van der Waals surface area contributed by atoms with Gasteiger partial charge in [0.15, 0.2) is 4.77 Å². The minimum atomic E-state index is -0.317. The molecule has 0 saturated heterocycles. The second-order valence-electron chi connectivity index (χ2n) is 4.10. The van der Waals surface area contributed by atoms with E-state index in [0.29, 0.717) is 16.2 Å². The lowest BCUT2D eigenvalue weighted by Gasteiger charge is -2.06. The average Bonchev–Trinajstić information content (AvgIpc) is 2.74. The van der Waals surface area contributed by atoms with Crippen LogP contribution in [0.4, 0.5) is 4.39 Å². The number of hydrogen-bond acceptors (Lipinski definition) is 2. The largest absolute Gasteiger partial charge is 0.497 e. The molecule has 3 aromatic rings. The Morgan fingerprint density at radius 1 is 1.21 bits per heavy atom. The summed E-state index contributed by atoms with van der Waals surface area (Å²) in [4.78, 5) is 3.06. The highest BCUT2D eigenvalue weighted by Crippen LogP contribution is 2.25. The number of imidazole rings is 1. The van der Waals surface area contributed by atoms with Crippen molar-refractivity contribution in [3.05, 3.63) is 53.1 Å². The molecular weight excluding hydrogens is 263 g/mol. The molecule has 0 aliphatic carbocycles. The van der Waals surface area contributed by atoms with Crippen molar-refractivity contribution in [2.75, 3.05) is 7.11 Å². The van der Waals surface area contributed by atoms with Crippen molar-refractivity contribution >= 4 is 23.3 Å². The van der Waals surface area contributed by atoms with E-state index in [1.54, 1.807) is 29.9 Å². The maximum atomic E-state index is 13.9. The molecule has 0 aliphatic heterocycles. The van der Waals surface area contributed by atoms with E-state index in [0.717, 1.165) is 11.0 Å². The van der Waals surface area contributed by atoms with Gasteiger partial charge in [0, 0.05) is 6.07 Å². The standard InChI is InChI=1S/C14H11FN2OS/c1-18-9-6-7-11-13(8-9)17(14(19)16-11)12-5-3-2-4-10(12)15/h2-8H,1H3,(H,16,19). The van der Waals surface area contributed by atoms with Gasteiger partial charge < -0.3 is 9.72 Å². The Kier molecular flexibility index (Phi) is 2.83. The van der Waals surface area contributed by atoms with E-state index in [-0.39, 0.29) is 5.82 Å². The minimum absolute atomic E-state index is 0.317. The molecule has 0 saturated carbocycles. The number of ether oxygens (including phenoxy) is 1. The highest BCUT2D eigenvalue weighted by Gasteiger charge is 2.10. The van der Waals surface area contributed by atoms with Crippen LogP contribution in [0.5, 0.6) is 5.75 Å². The molecule has 1 N–H and O–H groups in total. The number of nitrogens with one attached hydrogen (secondary N) is 1. The van der Waals surface area contributed by atoms with Gasteiger partial charge in [0.2, 0.25) is 0 Å². The molecular formula is C14H11FN2OS. The Morgan fingerprint density at radius 3 is 2.74 bits per heavy atom. The van der Waals surface area contributed by atoms with Gasteiger partial charge in [-0.25, -0.2) is 4.39 Å². The molecule has 3 rings (SSSR count). The molecule has 19 heavy (non-hydrogen) atoms. The lowest BCUT2D eigenvalue weighted by molar-refractivity contribution is 0.415. The minimum Gasteiger partial charge on any atom is -0.497 e. The molecule has 0 atom stereocenters. The Hall–Kier alpha value is -2.14. The van der Waals surface area contributed by atoms with Crippen LogP contribution in [0.15, 0.2) is 42.5 Å². The predicted molar refractivity (Wildman–Crippen MR) is 75.0 cm³/mol. The molecule has 0 fully saturated rings. The first-order valence-corrected chi connectivity index (χ1v) is 6.15. The zero-order valence-electron chi connectivity index (χ0n) is 10.2. The zero-order valence-corrected chi connectivity index (χ0v) is 11.0. The number of rotatable bonds is 2. The molecule has 1 heterocycles. The summed E-state index contributed by atoms with van der Waals surface area (Å²) in [6.45, 7) is 0. The fraction of sp³-hybridized carbons (Fsp3) is 0.0714. The van der Waals surface area contributed by atoms with Crippen LogP contribution in [-0.2, 0) is 0 Å². The van der Waals surface area contributed by atoms with Gasteiger partial charge in [-0.3, -0.25) is 4.57 Å². The summed E-state index contributed by atoms with van der Waals surface area (Å²) >= 11 is 5.27. The smallest absolute Gasteiger partial charge is 0.182 e. The van der Waals surface area contributed by atoms with Crippen LogP contribution in [0.3, 0.4) is 0 Å². The Balaban J connectivity index is 2.37. The van der Waals surface area contributed by atoms with Crippen LogP contribution in [0, 0.1) is 10.6 Å². The van der Waals surface area contributed by atoms with E-state index in [2.05, 4.69) is 4.98 Å². The number of halogens is 1. The summed E-state index contributed by atoms with van der Waals surface area (Å²) in [5, 5.41) is 0. The molecule has 0 spiro atoms. The topological polar surface area (TPSA) is 29.9 Å². The summed E-state index contributed by atoms with van der Waals surface area (Å²) in [5.41, 5.74) is 2.05. The summed E-state index contributed by atoms with van der Waals surface area (Å²) in [6.07, 6.45) is 0. The monoisotopic (exact) mass is 274 g/mol. The van der Waals surface area contributed by atoms with Gasteiger partial charge in [0.25, 0.3) is 0 Å². The number of para-hydroxylation sites is 1. The number of fused-ring (bicyclic) bond motifs is 1. The molecule has 0 bridgehead atoms. The quantitative estimate of drug-likeness (QED) is 0.720. The van der Waals surface area contributed by atoms with Gasteiger partial charge >= 0.3 is 0 Å². The Morgan fingerprint density at radius 2 is 2.00 bits per heavy atom. The summed E-state index contributed by atoms with van der Waals surface area (Å²) < 4.78 is 21.2. The first kappa shape index (κ1) is 11.9. The number of H-pyrrole nitrogens is 1. The van der Waals surface area contributed by atoms with E-state index in [4.69, 9.17) is 17.0 Å². The Labute approximate surface area is 114 Å². The van der Waals surface area contributed by atoms with Gasteiger partial charge in [-0.2, -0.15) is 0 Å². The predicted octanol–water partition coefficient (Wildman–Crippen LogP) is 3.84. The van der Waals surface area contributed by atoms with E-state index >= 15 is 0 Å². The highest BCUT2D eigenvalue weighted by atomic mass is 32.1. The lowest BCUT2D eigenvalue weighted by atomic mass is 10.2. The van der Waals surface area contributed by atoms with Crippen molar-refractivity contribution < 1.29 is 9.13 Å². The summed E-state index contributed by atoms with van der Waals surface area (Å²) in [5.74, 6) is 0.383. The van der Waals surface area contributed by atoms with Crippen molar-refractivity contribution in [1.82, 2.24) is 9.55 Å². The van der Waals surface area contributed by atoms with E-state index < -0.39 is 0 Å². The van der Waals surface area contributed by atoms with Crippen LogP contribution in [0.1, 0.15) is 0 Å². The Bertz CT molecular complexity index is 807. The number of aromatic amines is 1. The van der Waals surface area contributed by atoms with Gasteiger partial charge in [-0.15, -0.1) is 0 Å². The van der Waals surface area contributed by atoms with Gasteiger partial charge in [0.1, 0.15) is 11.6 Å². The normalized spacial score (nSPS) is 10.8. The molecule has 1 aromatic heterocycles. The first-order valence-electron chi connectivity index (χ1n) is 5.74. The maximum absolute atomic E-state index is 13.9. The number of aromatic nitrogens is 2. The van der Waals surface area contributed by atoms with E-state index in [1.165, 1.54) is 6.07 Å². The van der Waals surface area contributed by atoms with Crippen molar-refractivity contribution in [2.24, 2.45) is 0 Å². The van der Waals surface area contributed by atoms with Crippen LogP contribution in [0.25, 0.3) is 16.7 Å². The number of hydrogen-bond donors (Lipinski definition) is 1. The van der Waals surface area contributed by atoms with E-state index in [9.17, 15) is 4.39 Å². The first-order chi connectivity index (χ1) is 9.20. The third kappa shape index (κ3) is 1.92. The number of nitrogens with zero attached hydrogens (tertiary/aromatic N) is 1. The van der Waals surface area contributed by atoms with Gasteiger partial charge in [-0.05, 0) is 36.5 Å². The van der Waals surface area contributed by atoms with Crippen molar-refractivity contribution in [3.8, 4) is 11.4 Å². The third-order valence-electron chi connectivity index (χ3n) is 2.98. The molecule has 0 amide bonds. The zero-order chi connectivity index (χ0) is 13.4.